The normalized spacial score (nSPS) is 15.5. The summed E-state index contributed by atoms with van der Waals surface area (Å²) in [4.78, 5) is 4.33. The number of aromatic nitrogens is 1. The fourth-order valence-corrected chi connectivity index (χ4v) is 2.24. The largest absolute Gasteiger partial charge is 0.397 e. The Morgan fingerprint density at radius 3 is 2.29 bits per heavy atom. The third kappa shape index (κ3) is 2.03. The molecule has 2 aromatic rings. The number of nitrogen functional groups attached to an aromatic ring is 1. The van der Waals surface area contributed by atoms with Crippen LogP contribution in [0.4, 0.5) is 5.69 Å². The van der Waals surface area contributed by atoms with E-state index in [1.807, 2.05) is 12.1 Å². The van der Waals surface area contributed by atoms with Gasteiger partial charge in [0.2, 0.25) is 0 Å². The highest BCUT2D eigenvalue weighted by Gasteiger charge is 2.18. The van der Waals surface area contributed by atoms with Crippen LogP contribution >= 0.6 is 0 Å². The summed E-state index contributed by atoms with van der Waals surface area (Å²) >= 11 is 0. The molecular weight excluding hydrogens is 208 g/mol. The Morgan fingerprint density at radius 1 is 1.00 bits per heavy atom. The summed E-state index contributed by atoms with van der Waals surface area (Å²) in [5, 5.41) is 0. The first-order valence-corrected chi connectivity index (χ1v) is 6.15. The van der Waals surface area contributed by atoms with Crippen molar-refractivity contribution in [3.63, 3.8) is 0 Å². The molecule has 17 heavy (non-hydrogen) atoms. The van der Waals surface area contributed by atoms with Gasteiger partial charge < -0.3 is 5.73 Å². The molecule has 1 aliphatic rings. The van der Waals surface area contributed by atoms with Gasteiger partial charge in [-0.05, 0) is 36.5 Å². The minimum absolute atomic E-state index is 0.708. The minimum atomic E-state index is 0.708. The van der Waals surface area contributed by atoms with E-state index in [9.17, 15) is 0 Å². The molecule has 0 radical (unpaired) electrons. The molecule has 1 aliphatic carbocycles. The summed E-state index contributed by atoms with van der Waals surface area (Å²) in [5.74, 6) is 0.795. The molecule has 0 aliphatic heterocycles. The van der Waals surface area contributed by atoms with Crippen molar-refractivity contribution in [2.75, 3.05) is 5.73 Å². The highest BCUT2D eigenvalue weighted by Crippen LogP contribution is 2.36. The van der Waals surface area contributed by atoms with Gasteiger partial charge in [-0.3, -0.25) is 4.98 Å². The maximum absolute atomic E-state index is 5.63. The molecule has 2 heteroatoms. The summed E-state index contributed by atoms with van der Waals surface area (Å²) in [7, 11) is 0. The van der Waals surface area contributed by atoms with Crippen LogP contribution in [0.15, 0.2) is 42.6 Å². The van der Waals surface area contributed by atoms with E-state index in [0.29, 0.717) is 5.69 Å². The Hall–Kier alpha value is -1.83. The summed E-state index contributed by atoms with van der Waals surface area (Å²) in [6.45, 7) is 0. The second-order valence-electron chi connectivity index (χ2n) is 4.73. The molecule has 0 saturated heterocycles. The van der Waals surface area contributed by atoms with Crippen molar-refractivity contribution < 1.29 is 0 Å². The van der Waals surface area contributed by atoms with E-state index >= 15 is 0 Å². The first-order valence-electron chi connectivity index (χ1n) is 6.15. The lowest BCUT2D eigenvalue weighted by Crippen LogP contribution is -2.08. The topological polar surface area (TPSA) is 38.9 Å². The van der Waals surface area contributed by atoms with E-state index in [1.54, 1.807) is 6.20 Å². The SMILES string of the molecule is Nc1ccc(-c2ccc(C3CCC3)cc2)nc1. The number of nitrogens with zero attached hydrogens (tertiary/aromatic N) is 1. The van der Waals surface area contributed by atoms with Gasteiger partial charge in [0.05, 0.1) is 17.6 Å². The molecule has 1 aromatic heterocycles. The van der Waals surface area contributed by atoms with Crippen LogP contribution in [0.25, 0.3) is 11.3 Å². The molecule has 0 unspecified atom stereocenters. The molecule has 1 aromatic carbocycles. The van der Waals surface area contributed by atoms with Crippen LogP contribution in [-0.4, -0.2) is 4.98 Å². The fraction of sp³-hybridized carbons (Fsp3) is 0.267. The zero-order chi connectivity index (χ0) is 11.7. The molecule has 2 N–H and O–H groups in total. The van der Waals surface area contributed by atoms with Gasteiger partial charge in [-0.1, -0.05) is 30.7 Å². The van der Waals surface area contributed by atoms with Crippen molar-refractivity contribution in [1.82, 2.24) is 4.98 Å². The smallest absolute Gasteiger partial charge is 0.0703 e. The molecule has 0 atom stereocenters. The zero-order valence-electron chi connectivity index (χ0n) is 9.76. The van der Waals surface area contributed by atoms with Crippen molar-refractivity contribution in [3.8, 4) is 11.3 Å². The van der Waals surface area contributed by atoms with Crippen LogP contribution < -0.4 is 5.73 Å². The second kappa shape index (κ2) is 4.21. The van der Waals surface area contributed by atoms with Gasteiger partial charge in [0.15, 0.2) is 0 Å². The van der Waals surface area contributed by atoms with Crippen molar-refractivity contribution in [2.24, 2.45) is 0 Å². The highest BCUT2D eigenvalue weighted by atomic mass is 14.7. The Bertz CT molecular complexity index is 495. The fourth-order valence-electron chi connectivity index (χ4n) is 2.24. The first-order chi connectivity index (χ1) is 8.33. The average molecular weight is 224 g/mol. The maximum atomic E-state index is 5.63. The van der Waals surface area contributed by atoms with E-state index < -0.39 is 0 Å². The molecule has 2 nitrogen and oxygen atoms in total. The number of anilines is 1. The summed E-state index contributed by atoms with van der Waals surface area (Å²) in [6.07, 6.45) is 5.78. The first kappa shape index (κ1) is 10.3. The number of rotatable bonds is 2. The standard InChI is InChI=1S/C15H16N2/c16-14-8-9-15(17-10-14)13-6-4-12(5-7-13)11-2-1-3-11/h4-11H,1-3,16H2. The summed E-state index contributed by atoms with van der Waals surface area (Å²) in [5.41, 5.74) is 9.95. The zero-order valence-corrected chi connectivity index (χ0v) is 9.76. The van der Waals surface area contributed by atoms with Crippen molar-refractivity contribution >= 4 is 5.69 Å². The highest BCUT2D eigenvalue weighted by molar-refractivity contribution is 5.61. The van der Waals surface area contributed by atoms with E-state index in [0.717, 1.165) is 17.2 Å². The monoisotopic (exact) mass is 224 g/mol. The van der Waals surface area contributed by atoms with Crippen LogP contribution in [0, 0.1) is 0 Å². The molecule has 1 heterocycles. The molecule has 0 bridgehead atoms. The van der Waals surface area contributed by atoms with Crippen LogP contribution in [0.1, 0.15) is 30.7 Å². The van der Waals surface area contributed by atoms with Gasteiger partial charge in [-0.2, -0.15) is 0 Å². The lowest BCUT2D eigenvalue weighted by atomic mass is 9.80. The third-order valence-electron chi connectivity index (χ3n) is 3.57. The molecule has 1 saturated carbocycles. The van der Waals surface area contributed by atoms with Gasteiger partial charge >= 0.3 is 0 Å². The predicted molar refractivity (Wildman–Crippen MR) is 70.7 cm³/mol. The number of nitrogens with two attached hydrogens (primary N) is 1. The minimum Gasteiger partial charge on any atom is -0.397 e. The molecule has 86 valence electrons. The van der Waals surface area contributed by atoms with Gasteiger partial charge in [-0.15, -0.1) is 0 Å². The molecule has 0 spiro atoms. The Morgan fingerprint density at radius 2 is 1.76 bits per heavy atom. The van der Waals surface area contributed by atoms with Gasteiger partial charge in [-0.25, -0.2) is 0 Å². The van der Waals surface area contributed by atoms with E-state index in [-0.39, 0.29) is 0 Å². The Kier molecular flexibility index (Phi) is 2.56. The molecular formula is C15H16N2. The van der Waals surface area contributed by atoms with Crippen LogP contribution in [0.3, 0.4) is 0 Å². The van der Waals surface area contributed by atoms with Gasteiger partial charge in [0, 0.05) is 5.56 Å². The predicted octanol–water partition coefficient (Wildman–Crippen LogP) is 3.60. The second-order valence-corrected chi connectivity index (χ2v) is 4.73. The molecule has 3 rings (SSSR count). The summed E-state index contributed by atoms with van der Waals surface area (Å²) in [6, 6.07) is 12.6. The summed E-state index contributed by atoms with van der Waals surface area (Å²) < 4.78 is 0. The van der Waals surface area contributed by atoms with Crippen LogP contribution in [0.5, 0.6) is 0 Å². The van der Waals surface area contributed by atoms with Crippen LogP contribution in [0.2, 0.25) is 0 Å². The molecule has 0 amide bonds. The number of hydrogen-bond donors (Lipinski definition) is 1. The van der Waals surface area contributed by atoms with Crippen molar-refractivity contribution in [1.29, 1.82) is 0 Å². The lowest BCUT2D eigenvalue weighted by molar-refractivity contribution is 0.420. The Labute approximate surface area is 102 Å². The maximum Gasteiger partial charge on any atom is 0.0703 e. The number of hydrogen-bond acceptors (Lipinski definition) is 2. The number of pyridine rings is 1. The third-order valence-corrected chi connectivity index (χ3v) is 3.57. The van der Waals surface area contributed by atoms with Gasteiger partial charge in [0.25, 0.3) is 0 Å². The van der Waals surface area contributed by atoms with Crippen molar-refractivity contribution in [3.05, 3.63) is 48.2 Å². The van der Waals surface area contributed by atoms with Gasteiger partial charge in [0.1, 0.15) is 0 Å². The lowest BCUT2D eigenvalue weighted by Gasteiger charge is -2.25. The van der Waals surface area contributed by atoms with E-state index in [4.69, 9.17) is 5.73 Å². The number of benzene rings is 1. The molecule has 1 fully saturated rings. The average Bonchev–Trinajstić information content (AvgIpc) is 2.29. The van der Waals surface area contributed by atoms with E-state index in [1.165, 1.54) is 24.8 Å². The van der Waals surface area contributed by atoms with E-state index in [2.05, 4.69) is 29.2 Å². The quantitative estimate of drug-likeness (QED) is 0.846. The Balaban J connectivity index is 1.86. The van der Waals surface area contributed by atoms with Crippen molar-refractivity contribution in [2.45, 2.75) is 25.2 Å². The van der Waals surface area contributed by atoms with Crippen LogP contribution in [-0.2, 0) is 0 Å².